The van der Waals surface area contributed by atoms with Gasteiger partial charge in [0.2, 0.25) is 0 Å². The third kappa shape index (κ3) is 5.36. The van der Waals surface area contributed by atoms with Crippen LogP contribution >= 0.6 is 0 Å². The summed E-state index contributed by atoms with van der Waals surface area (Å²) in [6.45, 7) is 9.36. The van der Waals surface area contributed by atoms with Gasteiger partial charge in [0.15, 0.2) is 17.5 Å². The van der Waals surface area contributed by atoms with Crippen LogP contribution in [0.5, 0.6) is 0 Å². The zero-order chi connectivity index (χ0) is 34.9. The minimum atomic E-state index is 0.0648. The quantitative estimate of drug-likeness (QED) is 0.188. The molecule has 0 saturated heterocycles. The van der Waals surface area contributed by atoms with Crippen molar-refractivity contribution in [2.75, 3.05) is 0 Å². The first-order chi connectivity index (χ1) is 24.6. The molecule has 1 aliphatic rings. The summed E-state index contributed by atoms with van der Waals surface area (Å²) in [5, 5.41) is 14.6. The predicted octanol–water partition coefficient (Wildman–Crippen LogP) is 11.8. The van der Waals surface area contributed by atoms with Crippen molar-refractivity contribution >= 4 is 32.7 Å². The standard InChI is InChI=1S/C46H36N4O/c1-45(2)19-20-46(3,4)39-25-31(16-18-38(39)45)34-21-28(27-47)22-35(24-34)44-49-42(32-14-13-29-9-5-6-10-30(29)23-32)48-43(50-44)33-15-17-37-36-11-7-8-12-40(36)51-41(37)26-33/h5-18,21-26H,19-20H2,1-4H3. The van der Waals surface area contributed by atoms with Crippen molar-refractivity contribution in [1.82, 2.24) is 15.0 Å². The molecule has 0 aliphatic heterocycles. The lowest BCUT2D eigenvalue weighted by Crippen LogP contribution is -2.33. The molecule has 0 bridgehead atoms. The highest BCUT2D eigenvalue weighted by atomic mass is 16.3. The van der Waals surface area contributed by atoms with E-state index in [0.717, 1.165) is 73.4 Å². The molecule has 1 aliphatic carbocycles. The summed E-state index contributed by atoms with van der Waals surface area (Å²) in [6.07, 6.45) is 2.29. The zero-order valence-corrected chi connectivity index (χ0v) is 29.2. The van der Waals surface area contributed by atoms with Crippen LogP contribution in [0, 0.1) is 11.3 Å². The third-order valence-corrected chi connectivity index (χ3v) is 10.8. The molecule has 0 saturated carbocycles. The summed E-state index contributed by atoms with van der Waals surface area (Å²) in [7, 11) is 0. The molecule has 9 rings (SSSR count). The number of nitriles is 1. The fraction of sp³-hybridized carbons (Fsp3) is 0.174. The first-order valence-corrected chi connectivity index (χ1v) is 17.5. The summed E-state index contributed by atoms with van der Waals surface area (Å²) in [5.41, 5.74) is 9.65. The molecule has 5 heteroatoms. The van der Waals surface area contributed by atoms with E-state index >= 15 is 0 Å². The van der Waals surface area contributed by atoms with Crippen LogP contribution in [-0.4, -0.2) is 15.0 Å². The van der Waals surface area contributed by atoms with Crippen molar-refractivity contribution in [2.24, 2.45) is 0 Å². The highest BCUT2D eigenvalue weighted by Gasteiger charge is 2.37. The average molecular weight is 661 g/mol. The first-order valence-electron chi connectivity index (χ1n) is 17.5. The first kappa shape index (κ1) is 30.9. The third-order valence-electron chi connectivity index (χ3n) is 10.8. The molecule has 5 nitrogen and oxygen atoms in total. The Morgan fingerprint density at radius 3 is 1.90 bits per heavy atom. The Bertz CT molecular complexity index is 2730. The number of fused-ring (bicyclic) bond motifs is 5. The van der Waals surface area contributed by atoms with Crippen molar-refractivity contribution in [3.63, 3.8) is 0 Å². The molecular formula is C46H36N4O. The molecule has 0 spiro atoms. The van der Waals surface area contributed by atoms with Gasteiger partial charge in [-0.2, -0.15) is 5.26 Å². The van der Waals surface area contributed by atoms with E-state index in [1.165, 1.54) is 11.1 Å². The Labute approximate surface area is 297 Å². The molecule has 0 amide bonds. The summed E-state index contributed by atoms with van der Waals surface area (Å²) in [6, 6.07) is 43.9. The Balaban J connectivity index is 1.23. The van der Waals surface area contributed by atoms with E-state index < -0.39 is 0 Å². The molecule has 0 radical (unpaired) electrons. The van der Waals surface area contributed by atoms with Gasteiger partial charge in [-0.05, 0) is 99.2 Å². The van der Waals surface area contributed by atoms with Crippen LogP contribution in [-0.2, 0) is 10.8 Å². The maximum Gasteiger partial charge on any atom is 0.164 e. The molecule has 246 valence electrons. The van der Waals surface area contributed by atoms with E-state index in [1.807, 2.05) is 54.6 Å². The highest BCUT2D eigenvalue weighted by Crippen LogP contribution is 2.47. The number of furan rings is 1. The summed E-state index contributed by atoms with van der Waals surface area (Å²) >= 11 is 0. The predicted molar refractivity (Wildman–Crippen MR) is 206 cm³/mol. The van der Waals surface area contributed by atoms with Gasteiger partial charge in [0, 0.05) is 27.5 Å². The molecule has 2 aromatic heterocycles. The van der Waals surface area contributed by atoms with Gasteiger partial charge in [0.25, 0.3) is 0 Å². The summed E-state index contributed by atoms with van der Waals surface area (Å²) in [4.78, 5) is 15.2. The zero-order valence-electron chi connectivity index (χ0n) is 29.2. The average Bonchev–Trinajstić information content (AvgIpc) is 3.54. The molecule has 51 heavy (non-hydrogen) atoms. The van der Waals surface area contributed by atoms with Crippen LogP contribution < -0.4 is 0 Å². The van der Waals surface area contributed by atoms with Gasteiger partial charge in [0.1, 0.15) is 11.2 Å². The molecule has 2 heterocycles. The SMILES string of the molecule is CC1(C)CCC(C)(C)c2cc(-c3cc(C#N)cc(-c4nc(-c5ccc6ccccc6c5)nc(-c5ccc6c(c5)oc5ccccc56)n4)c3)ccc21. The van der Waals surface area contributed by atoms with Crippen molar-refractivity contribution in [3.8, 4) is 51.4 Å². The van der Waals surface area contributed by atoms with Crippen LogP contribution in [0.25, 0.3) is 78.0 Å². The lowest BCUT2D eigenvalue weighted by Gasteiger charge is -2.42. The minimum absolute atomic E-state index is 0.0648. The molecule has 0 unspecified atom stereocenters. The summed E-state index contributed by atoms with van der Waals surface area (Å²) < 4.78 is 6.25. The van der Waals surface area contributed by atoms with Crippen LogP contribution in [0.1, 0.15) is 57.2 Å². The van der Waals surface area contributed by atoms with Gasteiger partial charge in [-0.25, -0.2) is 15.0 Å². The van der Waals surface area contributed by atoms with Crippen molar-refractivity contribution in [3.05, 3.63) is 138 Å². The Hall–Kier alpha value is -6.12. The van der Waals surface area contributed by atoms with E-state index in [2.05, 4.69) is 100 Å². The molecule has 6 aromatic carbocycles. The number of benzene rings is 6. The smallest absolute Gasteiger partial charge is 0.164 e. The Morgan fingerprint density at radius 1 is 0.510 bits per heavy atom. The van der Waals surface area contributed by atoms with Crippen LogP contribution in [0.4, 0.5) is 0 Å². The number of aromatic nitrogens is 3. The molecule has 0 fully saturated rings. The molecule has 8 aromatic rings. The van der Waals surface area contributed by atoms with Crippen molar-refractivity contribution in [2.45, 2.75) is 51.4 Å². The fourth-order valence-electron chi connectivity index (χ4n) is 7.71. The number of hydrogen-bond acceptors (Lipinski definition) is 5. The maximum atomic E-state index is 10.2. The molecular weight excluding hydrogens is 625 g/mol. The van der Waals surface area contributed by atoms with Crippen molar-refractivity contribution < 1.29 is 4.42 Å². The second-order valence-electron chi connectivity index (χ2n) is 15.1. The van der Waals surface area contributed by atoms with Crippen molar-refractivity contribution in [1.29, 1.82) is 5.26 Å². The molecule has 0 N–H and O–H groups in total. The maximum absolute atomic E-state index is 10.2. The largest absolute Gasteiger partial charge is 0.456 e. The van der Waals surface area contributed by atoms with Gasteiger partial charge >= 0.3 is 0 Å². The Morgan fingerprint density at radius 2 is 1.12 bits per heavy atom. The summed E-state index contributed by atoms with van der Waals surface area (Å²) in [5.74, 6) is 1.60. The minimum Gasteiger partial charge on any atom is -0.456 e. The highest BCUT2D eigenvalue weighted by molar-refractivity contribution is 6.05. The fourth-order valence-corrected chi connectivity index (χ4v) is 7.71. The van der Waals surface area contributed by atoms with Crippen LogP contribution in [0.2, 0.25) is 0 Å². The Kier molecular flexibility index (Phi) is 6.95. The van der Waals surface area contributed by atoms with E-state index in [9.17, 15) is 5.26 Å². The van der Waals surface area contributed by atoms with Crippen LogP contribution in [0.15, 0.2) is 126 Å². The van der Waals surface area contributed by atoms with Gasteiger partial charge in [0.05, 0.1) is 11.6 Å². The second kappa shape index (κ2) is 11.5. The normalized spacial score (nSPS) is 14.8. The number of para-hydroxylation sites is 1. The number of rotatable bonds is 4. The lowest BCUT2D eigenvalue weighted by atomic mass is 9.63. The topological polar surface area (TPSA) is 75.6 Å². The van der Waals surface area contributed by atoms with E-state index in [-0.39, 0.29) is 10.8 Å². The van der Waals surface area contributed by atoms with Gasteiger partial charge in [-0.15, -0.1) is 0 Å². The van der Waals surface area contributed by atoms with Crippen LogP contribution in [0.3, 0.4) is 0 Å². The number of hydrogen-bond donors (Lipinski definition) is 0. The molecule has 0 atom stereocenters. The van der Waals surface area contributed by atoms with Gasteiger partial charge in [-0.3, -0.25) is 0 Å². The van der Waals surface area contributed by atoms with E-state index in [0.29, 0.717) is 23.0 Å². The lowest BCUT2D eigenvalue weighted by molar-refractivity contribution is 0.332. The van der Waals surface area contributed by atoms with Gasteiger partial charge < -0.3 is 4.42 Å². The second-order valence-corrected chi connectivity index (χ2v) is 15.1. The van der Waals surface area contributed by atoms with E-state index in [4.69, 9.17) is 19.4 Å². The van der Waals surface area contributed by atoms with Gasteiger partial charge in [-0.1, -0.05) is 107 Å². The number of nitrogens with zero attached hydrogens (tertiary/aromatic N) is 4. The monoisotopic (exact) mass is 660 g/mol. The van der Waals surface area contributed by atoms with E-state index in [1.54, 1.807) is 0 Å².